The molecule has 0 aliphatic heterocycles. The second-order valence-electron chi connectivity index (χ2n) is 3.42. The number of hydrogen-bond acceptors (Lipinski definition) is 3. The third-order valence-electron chi connectivity index (χ3n) is 1.43. The highest BCUT2D eigenvalue weighted by molar-refractivity contribution is 6.69. The van der Waals surface area contributed by atoms with Crippen molar-refractivity contribution in [3.63, 3.8) is 0 Å². The molecule has 0 N–H and O–H groups in total. The molecule has 0 unspecified atom stereocenters. The lowest BCUT2D eigenvalue weighted by Gasteiger charge is -2.26. The molecule has 0 spiro atoms. The van der Waals surface area contributed by atoms with Crippen LogP contribution in [0.4, 0.5) is 0 Å². The zero-order valence-corrected chi connectivity index (χ0v) is 10.8. The van der Waals surface area contributed by atoms with Crippen molar-refractivity contribution in [2.75, 3.05) is 0 Å². The van der Waals surface area contributed by atoms with Crippen LogP contribution in [0.1, 0.15) is 6.92 Å². The molecule has 12 heavy (non-hydrogen) atoms. The van der Waals surface area contributed by atoms with Crippen LogP contribution in [0, 0.1) is 0 Å². The molecule has 0 rings (SSSR count). The minimum atomic E-state index is -0.857. The maximum absolute atomic E-state index is 10.6. The van der Waals surface area contributed by atoms with Crippen LogP contribution in [0.3, 0.4) is 0 Å². The number of carbonyl (C=O) groups excluding carboxylic acids is 1. The summed E-state index contributed by atoms with van der Waals surface area (Å²) < 4.78 is 2.18. The monoisotopic (exact) mass is 202 g/mol. The number of rotatable bonds is 4. The summed E-state index contributed by atoms with van der Waals surface area (Å²) in [7, 11) is -1.71. The predicted octanol–water partition coefficient (Wildman–Crippen LogP) is 0.830. The van der Waals surface area contributed by atoms with E-state index in [4.69, 9.17) is 0 Å². The van der Waals surface area contributed by atoms with Gasteiger partial charge >= 0.3 is 0 Å². The van der Waals surface area contributed by atoms with Gasteiger partial charge in [-0.3, -0.25) is 4.79 Å². The molecule has 0 bridgehead atoms. The van der Waals surface area contributed by atoms with E-state index in [2.05, 4.69) is 35.6 Å². The Hall–Kier alpha value is -0.426. The highest BCUT2D eigenvalue weighted by Gasteiger charge is 2.11. The van der Waals surface area contributed by atoms with E-state index in [1.807, 2.05) is 0 Å². The zero-order chi connectivity index (χ0) is 9.72. The molecule has 0 saturated heterocycles. The maximum atomic E-state index is 10.6. The van der Waals surface area contributed by atoms with E-state index in [-0.39, 0.29) is 5.78 Å². The van der Waals surface area contributed by atoms with E-state index < -0.39 is 17.9 Å². The molecule has 0 aromatic heterocycles. The van der Waals surface area contributed by atoms with Crippen LogP contribution in [0.5, 0.6) is 0 Å². The lowest BCUT2D eigenvalue weighted by atomic mass is 10.5. The highest BCUT2D eigenvalue weighted by Crippen LogP contribution is 1.99. The minimum Gasteiger partial charge on any atom is -0.355 e. The molecule has 70 valence electrons. The summed E-state index contributed by atoms with van der Waals surface area (Å²) in [5, 5.41) is 4.20. The second kappa shape index (κ2) is 5.26. The first-order valence-electron chi connectivity index (χ1n) is 4.28. The van der Waals surface area contributed by atoms with Crippen molar-refractivity contribution in [1.82, 2.24) is 4.34 Å². The number of ketones is 1. The number of hydrogen-bond donors (Lipinski definition) is 0. The van der Waals surface area contributed by atoms with E-state index in [1.54, 1.807) is 0 Å². The third kappa shape index (κ3) is 4.45. The summed E-state index contributed by atoms with van der Waals surface area (Å²) in [5.41, 5.74) is 0. The van der Waals surface area contributed by atoms with Crippen LogP contribution in [0.2, 0.25) is 26.2 Å². The Morgan fingerprint density at radius 2 is 1.67 bits per heavy atom. The quantitative estimate of drug-likeness (QED) is 0.384. The average Bonchev–Trinajstić information content (AvgIpc) is 1.84. The SMILES string of the molecule is CC(=O)C=NN([SiH](C)C)[SiH](C)C. The summed E-state index contributed by atoms with van der Waals surface area (Å²) in [4.78, 5) is 10.6. The van der Waals surface area contributed by atoms with Gasteiger partial charge in [-0.15, -0.1) is 0 Å². The van der Waals surface area contributed by atoms with Gasteiger partial charge in [0.05, 0.1) is 6.21 Å². The normalized spacial score (nSPS) is 11.6. The molecular weight excluding hydrogens is 184 g/mol. The Labute approximate surface area is 77.8 Å². The molecule has 3 nitrogen and oxygen atoms in total. The number of Topliss-reactive ketones (excluding diaryl/α,β-unsaturated/α-hetero) is 1. The van der Waals surface area contributed by atoms with E-state index in [9.17, 15) is 4.79 Å². The first-order valence-corrected chi connectivity index (χ1v) is 9.93. The maximum Gasteiger partial charge on any atom is 0.172 e. The smallest absolute Gasteiger partial charge is 0.172 e. The molecule has 0 aromatic rings. The molecule has 0 saturated carbocycles. The van der Waals surface area contributed by atoms with Gasteiger partial charge in [0, 0.05) is 6.92 Å². The van der Waals surface area contributed by atoms with Crippen LogP contribution in [0.15, 0.2) is 5.10 Å². The summed E-state index contributed by atoms with van der Waals surface area (Å²) in [6.07, 6.45) is 1.43. The Balaban J connectivity index is 4.23. The van der Waals surface area contributed by atoms with E-state index in [1.165, 1.54) is 13.1 Å². The van der Waals surface area contributed by atoms with Crippen molar-refractivity contribution in [1.29, 1.82) is 0 Å². The van der Waals surface area contributed by atoms with Crippen molar-refractivity contribution in [2.45, 2.75) is 33.1 Å². The fraction of sp³-hybridized carbons (Fsp3) is 0.714. The Bertz CT molecular complexity index is 172. The number of hydrazone groups is 1. The summed E-state index contributed by atoms with van der Waals surface area (Å²) in [6, 6.07) is 0. The largest absolute Gasteiger partial charge is 0.355 e. The molecule has 0 radical (unpaired) electrons. The molecular formula is C7H18N2OSi2. The minimum absolute atomic E-state index is 0.0318. The van der Waals surface area contributed by atoms with Crippen LogP contribution in [-0.2, 0) is 4.79 Å². The van der Waals surface area contributed by atoms with Crippen molar-refractivity contribution in [3.05, 3.63) is 0 Å². The fourth-order valence-electron chi connectivity index (χ4n) is 1.01. The van der Waals surface area contributed by atoms with Crippen molar-refractivity contribution >= 4 is 29.9 Å². The number of nitrogens with zero attached hydrogens (tertiary/aromatic N) is 2. The summed E-state index contributed by atoms with van der Waals surface area (Å²) >= 11 is 0. The lowest BCUT2D eigenvalue weighted by Crippen LogP contribution is -2.39. The van der Waals surface area contributed by atoms with Crippen molar-refractivity contribution < 1.29 is 4.79 Å². The van der Waals surface area contributed by atoms with Crippen LogP contribution >= 0.6 is 0 Å². The van der Waals surface area contributed by atoms with Crippen LogP contribution in [-0.4, -0.2) is 34.3 Å². The topological polar surface area (TPSA) is 32.7 Å². The van der Waals surface area contributed by atoms with Gasteiger partial charge in [-0.1, -0.05) is 26.2 Å². The van der Waals surface area contributed by atoms with Crippen LogP contribution < -0.4 is 0 Å². The molecule has 0 fully saturated rings. The Morgan fingerprint density at radius 1 is 1.25 bits per heavy atom. The molecule has 5 heteroatoms. The van der Waals surface area contributed by atoms with Crippen LogP contribution in [0.25, 0.3) is 0 Å². The van der Waals surface area contributed by atoms with Gasteiger partial charge < -0.3 is 4.34 Å². The highest BCUT2D eigenvalue weighted by atomic mass is 28.3. The van der Waals surface area contributed by atoms with E-state index in [0.717, 1.165) is 0 Å². The standard InChI is InChI=1S/C7H18N2OSi2/c1-7(10)6-8-9(11(2)3)12(4)5/h6,11-12H,1-5H3. The molecule has 0 aromatic carbocycles. The first kappa shape index (κ1) is 11.6. The van der Waals surface area contributed by atoms with E-state index in [0.29, 0.717) is 0 Å². The third-order valence-corrected chi connectivity index (χ3v) is 7.39. The van der Waals surface area contributed by atoms with Gasteiger partial charge in [0.15, 0.2) is 5.78 Å². The first-order chi connectivity index (χ1) is 5.45. The molecule has 0 heterocycles. The zero-order valence-electron chi connectivity index (χ0n) is 8.53. The summed E-state index contributed by atoms with van der Waals surface area (Å²) in [5.74, 6) is 0.0318. The Morgan fingerprint density at radius 3 is 1.92 bits per heavy atom. The van der Waals surface area contributed by atoms with Gasteiger partial charge in [0.2, 0.25) is 0 Å². The summed E-state index contributed by atoms with van der Waals surface area (Å²) in [6.45, 7) is 10.4. The molecule has 0 amide bonds. The van der Waals surface area contributed by atoms with Gasteiger partial charge in [-0.2, -0.15) is 5.10 Å². The molecule has 0 atom stereocenters. The van der Waals surface area contributed by atoms with Crippen molar-refractivity contribution in [3.8, 4) is 0 Å². The van der Waals surface area contributed by atoms with Crippen molar-refractivity contribution in [2.24, 2.45) is 5.10 Å². The lowest BCUT2D eigenvalue weighted by molar-refractivity contribution is -0.110. The van der Waals surface area contributed by atoms with Gasteiger partial charge in [-0.05, 0) is 0 Å². The second-order valence-corrected chi connectivity index (χ2v) is 9.45. The molecule has 0 aliphatic carbocycles. The number of carbonyl (C=O) groups is 1. The average molecular weight is 202 g/mol. The fourth-order valence-corrected chi connectivity index (χ4v) is 6.45. The van der Waals surface area contributed by atoms with Gasteiger partial charge in [-0.25, -0.2) is 0 Å². The molecule has 0 aliphatic rings. The van der Waals surface area contributed by atoms with E-state index >= 15 is 0 Å². The van der Waals surface area contributed by atoms with Gasteiger partial charge in [0.1, 0.15) is 17.9 Å². The van der Waals surface area contributed by atoms with Gasteiger partial charge in [0.25, 0.3) is 0 Å². The Kier molecular flexibility index (Phi) is 5.07. The predicted molar refractivity (Wildman–Crippen MR) is 58.8 cm³/mol.